The van der Waals surface area contributed by atoms with Crippen molar-refractivity contribution in [1.29, 1.82) is 0 Å². The maximum Gasteiger partial charge on any atom is 0.0900 e. The van der Waals surface area contributed by atoms with Crippen LogP contribution in [0, 0.1) is 0 Å². The number of rotatable bonds is 10. The highest BCUT2D eigenvalue weighted by atomic mass is 31.2. The predicted octanol–water partition coefficient (Wildman–Crippen LogP) is 0.887. The van der Waals surface area contributed by atoms with Gasteiger partial charge >= 0.3 is 0 Å². The van der Waals surface area contributed by atoms with Crippen molar-refractivity contribution in [3.8, 4) is 0 Å². The maximum absolute atomic E-state index is 12.2. The van der Waals surface area contributed by atoms with Crippen molar-refractivity contribution in [2.24, 2.45) is 0 Å². The summed E-state index contributed by atoms with van der Waals surface area (Å²) in [5.41, 5.74) is 0. The molecule has 0 aromatic carbocycles. The van der Waals surface area contributed by atoms with E-state index in [0.29, 0.717) is 31.3 Å². The van der Waals surface area contributed by atoms with Gasteiger partial charge in [-0.3, -0.25) is 0 Å². The minimum absolute atomic E-state index is 0.0322. The molecule has 0 atom stereocenters. The average Bonchev–Trinajstić information content (AvgIpc) is 2.19. The van der Waals surface area contributed by atoms with Gasteiger partial charge in [0.15, 0.2) is 0 Å². The van der Waals surface area contributed by atoms with Gasteiger partial charge in [-0.1, -0.05) is 0 Å². The summed E-state index contributed by atoms with van der Waals surface area (Å²) in [6, 6.07) is 0. The zero-order chi connectivity index (χ0) is 11.6. The molecule has 0 amide bonds. The van der Waals surface area contributed by atoms with Crippen LogP contribution in [0.1, 0.15) is 25.7 Å². The van der Waals surface area contributed by atoms with Crippen LogP contribution in [0.25, 0.3) is 0 Å². The minimum atomic E-state index is -2.25. The molecular weight excluding hydrogens is 215 g/mol. The molecule has 0 bridgehead atoms. The lowest BCUT2D eigenvalue weighted by Crippen LogP contribution is -2.05. The molecule has 0 aromatic heterocycles. The van der Waals surface area contributed by atoms with E-state index in [2.05, 4.69) is 0 Å². The van der Waals surface area contributed by atoms with Gasteiger partial charge in [-0.15, -0.1) is 0 Å². The molecule has 15 heavy (non-hydrogen) atoms. The smallest absolute Gasteiger partial charge is 0.0900 e. The zero-order valence-electron chi connectivity index (χ0n) is 9.27. The number of aliphatic hydroxyl groups is 3. The topological polar surface area (TPSA) is 77.8 Å². The van der Waals surface area contributed by atoms with Gasteiger partial charge in [0.05, 0.1) is 7.14 Å². The summed E-state index contributed by atoms with van der Waals surface area (Å²) in [7, 11) is -2.25. The Labute approximate surface area is 91.7 Å². The van der Waals surface area contributed by atoms with Crippen LogP contribution >= 0.6 is 7.14 Å². The van der Waals surface area contributed by atoms with E-state index < -0.39 is 7.14 Å². The van der Waals surface area contributed by atoms with Crippen molar-refractivity contribution >= 4 is 7.14 Å². The van der Waals surface area contributed by atoms with Crippen molar-refractivity contribution in [2.45, 2.75) is 25.7 Å². The first kappa shape index (κ1) is 15.1. The number of hydrogen-bond donors (Lipinski definition) is 3. The Morgan fingerprint density at radius 3 is 1.47 bits per heavy atom. The summed E-state index contributed by atoms with van der Waals surface area (Å²) >= 11 is 0. The highest BCUT2D eigenvalue weighted by Crippen LogP contribution is 2.46. The summed E-state index contributed by atoms with van der Waals surface area (Å²) in [5, 5.41) is 26.1. The summed E-state index contributed by atoms with van der Waals surface area (Å²) in [6.07, 6.45) is 4.47. The lowest BCUT2D eigenvalue weighted by Gasteiger charge is -2.16. The van der Waals surface area contributed by atoms with Crippen LogP contribution in [0.15, 0.2) is 0 Å². The highest BCUT2D eigenvalue weighted by molar-refractivity contribution is 7.63. The molecule has 0 aliphatic rings. The molecular formula is C10H23O4P. The summed E-state index contributed by atoms with van der Waals surface area (Å²) in [6.45, 7) is 0.237. The molecule has 0 rings (SSSR count). The Kier molecular flexibility index (Phi) is 9.41. The molecule has 0 heterocycles. The van der Waals surface area contributed by atoms with Crippen molar-refractivity contribution in [2.75, 3.05) is 38.3 Å². The summed E-state index contributed by atoms with van der Waals surface area (Å²) in [4.78, 5) is 0. The SMILES string of the molecule is O=P(CCO)(CCCCO)CCCCO. The molecule has 0 fully saturated rings. The van der Waals surface area contributed by atoms with Gasteiger partial charge in [0.2, 0.25) is 0 Å². The van der Waals surface area contributed by atoms with Gasteiger partial charge in [0, 0.05) is 38.3 Å². The number of hydrogen-bond acceptors (Lipinski definition) is 4. The lowest BCUT2D eigenvalue weighted by atomic mass is 10.4. The van der Waals surface area contributed by atoms with E-state index >= 15 is 0 Å². The van der Waals surface area contributed by atoms with E-state index in [-0.39, 0.29) is 19.8 Å². The van der Waals surface area contributed by atoms with Crippen LogP contribution < -0.4 is 0 Å². The Balaban J connectivity index is 3.89. The largest absolute Gasteiger partial charge is 0.396 e. The first-order chi connectivity index (χ1) is 7.18. The second kappa shape index (κ2) is 9.34. The highest BCUT2D eigenvalue weighted by Gasteiger charge is 2.20. The summed E-state index contributed by atoms with van der Waals surface area (Å²) < 4.78 is 12.2. The molecule has 3 N–H and O–H groups in total. The van der Waals surface area contributed by atoms with Crippen LogP contribution in [0.5, 0.6) is 0 Å². The first-order valence-corrected chi connectivity index (χ1v) is 7.84. The second-order valence-corrected chi connectivity index (χ2v) is 7.27. The molecule has 5 heteroatoms. The zero-order valence-corrected chi connectivity index (χ0v) is 10.2. The van der Waals surface area contributed by atoms with E-state index in [9.17, 15) is 4.57 Å². The molecule has 0 saturated carbocycles. The van der Waals surface area contributed by atoms with Gasteiger partial charge in [-0.2, -0.15) is 0 Å². The fraction of sp³-hybridized carbons (Fsp3) is 1.00. The molecule has 4 nitrogen and oxygen atoms in total. The van der Waals surface area contributed by atoms with Crippen molar-refractivity contribution in [1.82, 2.24) is 0 Å². The quantitative estimate of drug-likeness (QED) is 0.390. The van der Waals surface area contributed by atoms with Gasteiger partial charge in [0.25, 0.3) is 0 Å². The van der Waals surface area contributed by atoms with Gasteiger partial charge in [-0.05, 0) is 25.7 Å². The van der Waals surface area contributed by atoms with Crippen molar-refractivity contribution in [3.05, 3.63) is 0 Å². The maximum atomic E-state index is 12.2. The fourth-order valence-corrected chi connectivity index (χ4v) is 4.18. The third-order valence-electron chi connectivity index (χ3n) is 2.46. The molecule has 0 aromatic rings. The predicted molar refractivity (Wildman–Crippen MR) is 61.9 cm³/mol. The Morgan fingerprint density at radius 2 is 1.13 bits per heavy atom. The van der Waals surface area contributed by atoms with Crippen LogP contribution in [0.2, 0.25) is 0 Å². The van der Waals surface area contributed by atoms with Crippen LogP contribution in [-0.2, 0) is 4.57 Å². The third kappa shape index (κ3) is 7.97. The first-order valence-electron chi connectivity index (χ1n) is 5.58. The lowest BCUT2D eigenvalue weighted by molar-refractivity contribution is 0.286. The molecule has 0 saturated heterocycles. The molecule has 0 spiro atoms. The van der Waals surface area contributed by atoms with E-state index in [4.69, 9.17) is 15.3 Å². The van der Waals surface area contributed by atoms with E-state index in [1.165, 1.54) is 0 Å². The Morgan fingerprint density at radius 1 is 0.667 bits per heavy atom. The van der Waals surface area contributed by atoms with Gasteiger partial charge in [-0.25, -0.2) is 0 Å². The van der Waals surface area contributed by atoms with Crippen LogP contribution in [0.3, 0.4) is 0 Å². The standard InChI is InChI=1S/C10H23O4P/c11-5-1-3-8-15(14,10-7-13)9-4-2-6-12/h11-13H,1-10H2. The van der Waals surface area contributed by atoms with Crippen LogP contribution in [-0.4, -0.2) is 53.6 Å². The molecule has 0 unspecified atom stereocenters. The third-order valence-corrected chi connectivity index (χ3v) is 5.73. The molecule has 92 valence electrons. The Hall–Kier alpha value is 0.110. The van der Waals surface area contributed by atoms with E-state index in [0.717, 1.165) is 12.8 Å². The van der Waals surface area contributed by atoms with Gasteiger partial charge < -0.3 is 19.9 Å². The average molecular weight is 238 g/mol. The van der Waals surface area contributed by atoms with Crippen molar-refractivity contribution in [3.63, 3.8) is 0 Å². The van der Waals surface area contributed by atoms with E-state index in [1.807, 2.05) is 0 Å². The van der Waals surface area contributed by atoms with Crippen molar-refractivity contribution < 1.29 is 19.9 Å². The van der Waals surface area contributed by atoms with Gasteiger partial charge in [0.1, 0.15) is 0 Å². The molecule has 0 radical (unpaired) electrons. The second-order valence-electron chi connectivity index (χ2n) is 3.81. The molecule has 0 aliphatic heterocycles. The minimum Gasteiger partial charge on any atom is -0.396 e. The monoisotopic (exact) mass is 238 g/mol. The number of aliphatic hydroxyl groups excluding tert-OH is 3. The summed E-state index contributed by atoms with van der Waals surface area (Å²) in [5.74, 6) is 0. The van der Waals surface area contributed by atoms with E-state index in [1.54, 1.807) is 0 Å². The number of unbranched alkanes of at least 4 members (excludes halogenated alkanes) is 2. The van der Waals surface area contributed by atoms with Crippen LogP contribution in [0.4, 0.5) is 0 Å². The normalized spacial score (nSPS) is 11.9. The molecule has 0 aliphatic carbocycles. The fourth-order valence-electron chi connectivity index (χ4n) is 1.54. The Bertz CT molecular complexity index is 170.